The largest absolute Gasteiger partial charge is 0.385 e. The predicted molar refractivity (Wildman–Crippen MR) is 77.7 cm³/mol. The van der Waals surface area contributed by atoms with Gasteiger partial charge in [-0.2, -0.15) is 0 Å². The Morgan fingerprint density at radius 1 is 1.24 bits per heavy atom. The molecule has 0 unspecified atom stereocenters. The highest BCUT2D eigenvalue weighted by Gasteiger charge is 2.02. The summed E-state index contributed by atoms with van der Waals surface area (Å²) in [4.78, 5) is 0. The Labute approximate surface area is 106 Å². The van der Waals surface area contributed by atoms with Crippen LogP contribution >= 0.6 is 0 Å². The molecule has 0 aliphatic rings. The zero-order valence-electron chi connectivity index (χ0n) is 11.3. The van der Waals surface area contributed by atoms with Gasteiger partial charge in [0, 0.05) is 12.2 Å². The fourth-order valence-corrected chi connectivity index (χ4v) is 2.02. The molecule has 0 heterocycles. The number of anilines is 1. The molecule has 0 aliphatic heterocycles. The Morgan fingerprint density at radius 3 is 2.71 bits per heavy atom. The average Bonchev–Trinajstić information content (AvgIpc) is 2.37. The van der Waals surface area contributed by atoms with Crippen molar-refractivity contribution in [1.82, 2.24) is 0 Å². The van der Waals surface area contributed by atoms with Crippen LogP contribution < -0.4 is 5.32 Å². The molecule has 1 aromatic carbocycles. The molecule has 0 spiro atoms. The van der Waals surface area contributed by atoms with Crippen LogP contribution in [0, 0.1) is 0 Å². The molecule has 0 aromatic heterocycles. The SMILES string of the molecule is C=CCCCc1cc(NCCC)ccc1CC. The Balaban J connectivity index is 2.71. The lowest BCUT2D eigenvalue weighted by molar-refractivity contribution is 0.832. The van der Waals surface area contributed by atoms with E-state index in [0.29, 0.717) is 0 Å². The zero-order chi connectivity index (χ0) is 12.5. The standard InChI is InChI=1S/C16H25N/c1-4-7-8-9-15-13-16(17-12-5-2)11-10-14(15)6-3/h4,10-11,13,17H,1,5-9,12H2,2-3H3. The molecule has 0 radical (unpaired) electrons. The van der Waals surface area contributed by atoms with Crippen molar-refractivity contribution < 1.29 is 0 Å². The van der Waals surface area contributed by atoms with Crippen molar-refractivity contribution in [2.24, 2.45) is 0 Å². The quantitative estimate of drug-likeness (QED) is 0.510. The molecule has 0 atom stereocenters. The van der Waals surface area contributed by atoms with E-state index in [1.54, 1.807) is 0 Å². The van der Waals surface area contributed by atoms with Gasteiger partial charge in [0.2, 0.25) is 0 Å². The number of hydrogen-bond donors (Lipinski definition) is 1. The summed E-state index contributed by atoms with van der Waals surface area (Å²) >= 11 is 0. The first-order chi connectivity index (χ1) is 8.31. The highest BCUT2D eigenvalue weighted by Crippen LogP contribution is 2.19. The minimum atomic E-state index is 1.05. The number of allylic oxidation sites excluding steroid dienone is 1. The fourth-order valence-electron chi connectivity index (χ4n) is 2.02. The lowest BCUT2D eigenvalue weighted by Gasteiger charge is -2.11. The third kappa shape index (κ3) is 4.64. The molecule has 0 bridgehead atoms. The van der Waals surface area contributed by atoms with Gasteiger partial charge in [0.1, 0.15) is 0 Å². The summed E-state index contributed by atoms with van der Waals surface area (Å²) in [7, 11) is 0. The van der Waals surface area contributed by atoms with Crippen LogP contribution in [0.25, 0.3) is 0 Å². The van der Waals surface area contributed by atoms with Crippen molar-refractivity contribution in [3.05, 3.63) is 42.0 Å². The molecule has 1 rings (SSSR count). The Kier molecular flexibility index (Phi) is 6.46. The minimum Gasteiger partial charge on any atom is -0.385 e. The van der Waals surface area contributed by atoms with Gasteiger partial charge >= 0.3 is 0 Å². The van der Waals surface area contributed by atoms with Crippen molar-refractivity contribution in [3.8, 4) is 0 Å². The number of rotatable bonds is 8. The highest BCUT2D eigenvalue weighted by atomic mass is 14.9. The lowest BCUT2D eigenvalue weighted by Crippen LogP contribution is -2.01. The van der Waals surface area contributed by atoms with E-state index in [2.05, 4.69) is 43.9 Å². The Hall–Kier alpha value is -1.24. The van der Waals surface area contributed by atoms with Crippen molar-refractivity contribution in [2.45, 2.75) is 46.0 Å². The molecule has 0 fully saturated rings. The van der Waals surface area contributed by atoms with Crippen molar-refractivity contribution in [2.75, 3.05) is 11.9 Å². The number of aryl methyl sites for hydroxylation is 2. The van der Waals surface area contributed by atoms with Gasteiger partial charge in [-0.25, -0.2) is 0 Å². The first kappa shape index (κ1) is 13.8. The van der Waals surface area contributed by atoms with E-state index in [1.165, 1.54) is 29.7 Å². The zero-order valence-corrected chi connectivity index (χ0v) is 11.3. The molecule has 17 heavy (non-hydrogen) atoms. The van der Waals surface area contributed by atoms with Crippen LogP contribution in [-0.4, -0.2) is 6.54 Å². The molecule has 1 heteroatoms. The Morgan fingerprint density at radius 2 is 2.06 bits per heavy atom. The molecule has 1 aromatic rings. The first-order valence-corrected chi connectivity index (χ1v) is 6.78. The van der Waals surface area contributed by atoms with Crippen LogP contribution in [-0.2, 0) is 12.8 Å². The maximum Gasteiger partial charge on any atom is 0.0343 e. The van der Waals surface area contributed by atoms with Gasteiger partial charge in [-0.05, 0) is 55.4 Å². The maximum absolute atomic E-state index is 3.78. The van der Waals surface area contributed by atoms with E-state index in [1.807, 2.05) is 6.08 Å². The molecule has 94 valence electrons. The summed E-state index contributed by atoms with van der Waals surface area (Å²) in [5.41, 5.74) is 4.24. The molecule has 0 amide bonds. The van der Waals surface area contributed by atoms with E-state index in [9.17, 15) is 0 Å². The van der Waals surface area contributed by atoms with Gasteiger partial charge in [-0.3, -0.25) is 0 Å². The molecule has 0 saturated heterocycles. The van der Waals surface area contributed by atoms with Gasteiger partial charge in [0.25, 0.3) is 0 Å². The number of unbranched alkanes of at least 4 members (excludes halogenated alkanes) is 1. The molecular weight excluding hydrogens is 206 g/mol. The van der Waals surface area contributed by atoms with Crippen LogP contribution in [0.15, 0.2) is 30.9 Å². The molecule has 1 nitrogen and oxygen atoms in total. The van der Waals surface area contributed by atoms with E-state index in [-0.39, 0.29) is 0 Å². The van der Waals surface area contributed by atoms with Gasteiger partial charge in [0.05, 0.1) is 0 Å². The third-order valence-electron chi connectivity index (χ3n) is 3.02. The van der Waals surface area contributed by atoms with E-state index in [0.717, 1.165) is 25.8 Å². The Bertz CT molecular complexity index is 341. The molecular formula is C16H25N. The highest BCUT2D eigenvalue weighted by molar-refractivity contribution is 5.48. The fraction of sp³-hybridized carbons (Fsp3) is 0.500. The predicted octanol–water partition coefficient (Wildman–Crippen LogP) is 4.58. The van der Waals surface area contributed by atoms with Crippen LogP contribution in [0.4, 0.5) is 5.69 Å². The summed E-state index contributed by atoms with van der Waals surface area (Å²) in [6.07, 6.45) is 7.77. The first-order valence-electron chi connectivity index (χ1n) is 6.78. The lowest BCUT2D eigenvalue weighted by atomic mass is 9.99. The molecule has 0 aliphatic carbocycles. The summed E-state index contributed by atoms with van der Waals surface area (Å²) < 4.78 is 0. The third-order valence-corrected chi connectivity index (χ3v) is 3.02. The smallest absolute Gasteiger partial charge is 0.0343 e. The van der Waals surface area contributed by atoms with Crippen molar-refractivity contribution >= 4 is 5.69 Å². The van der Waals surface area contributed by atoms with Crippen LogP contribution in [0.2, 0.25) is 0 Å². The molecule has 0 saturated carbocycles. The number of nitrogens with one attached hydrogen (secondary N) is 1. The second-order valence-corrected chi connectivity index (χ2v) is 4.44. The topological polar surface area (TPSA) is 12.0 Å². The number of benzene rings is 1. The van der Waals surface area contributed by atoms with E-state index in [4.69, 9.17) is 0 Å². The van der Waals surface area contributed by atoms with Gasteiger partial charge < -0.3 is 5.32 Å². The average molecular weight is 231 g/mol. The summed E-state index contributed by atoms with van der Waals surface area (Å²) in [5.74, 6) is 0. The number of hydrogen-bond acceptors (Lipinski definition) is 1. The van der Waals surface area contributed by atoms with Crippen LogP contribution in [0.3, 0.4) is 0 Å². The van der Waals surface area contributed by atoms with Crippen LogP contribution in [0.5, 0.6) is 0 Å². The van der Waals surface area contributed by atoms with Crippen molar-refractivity contribution in [3.63, 3.8) is 0 Å². The van der Waals surface area contributed by atoms with Crippen molar-refractivity contribution in [1.29, 1.82) is 0 Å². The normalized spacial score (nSPS) is 10.2. The van der Waals surface area contributed by atoms with Gasteiger partial charge in [0.15, 0.2) is 0 Å². The van der Waals surface area contributed by atoms with E-state index >= 15 is 0 Å². The molecule has 1 N–H and O–H groups in total. The second kappa shape index (κ2) is 7.94. The summed E-state index contributed by atoms with van der Waals surface area (Å²) in [5, 5.41) is 3.46. The summed E-state index contributed by atoms with van der Waals surface area (Å²) in [6, 6.07) is 6.78. The van der Waals surface area contributed by atoms with Gasteiger partial charge in [-0.15, -0.1) is 6.58 Å². The maximum atomic E-state index is 3.78. The monoisotopic (exact) mass is 231 g/mol. The van der Waals surface area contributed by atoms with Crippen LogP contribution in [0.1, 0.15) is 44.2 Å². The van der Waals surface area contributed by atoms with E-state index < -0.39 is 0 Å². The van der Waals surface area contributed by atoms with Gasteiger partial charge in [-0.1, -0.05) is 26.0 Å². The minimum absolute atomic E-state index is 1.05. The summed E-state index contributed by atoms with van der Waals surface area (Å²) in [6.45, 7) is 9.25. The second-order valence-electron chi connectivity index (χ2n) is 4.44.